The first-order valence-corrected chi connectivity index (χ1v) is 15.4. The number of para-hydroxylation sites is 1. The zero-order valence-corrected chi connectivity index (χ0v) is 19.7. The summed E-state index contributed by atoms with van der Waals surface area (Å²) in [6.07, 6.45) is 0. The number of anilines is 1. The van der Waals surface area contributed by atoms with Crippen molar-refractivity contribution >= 4 is 27.1 Å². The lowest BCUT2D eigenvalue weighted by Gasteiger charge is -2.39. The van der Waals surface area contributed by atoms with E-state index in [0.717, 1.165) is 23.5 Å². The van der Waals surface area contributed by atoms with Gasteiger partial charge in [-0.3, -0.25) is 0 Å². The quantitative estimate of drug-likeness (QED) is 0.297. The molecule has 0 amide bonds. The fourth-order valence-electron chi connectivity index (χ4n) is 3.64. The van der Waals surface area contributed by atoms with Crippen LogP contribution >= 0.6 is 7.43 Å². The minimum atomic E-state index is -2.56. The minimum absolute atomic E-state index is 0.242. The van der Waals surface area contributed by atoms with Gasteiger partial charge in [-0.25, -0.2) is 4.74 Å². The number of hydrogen-bond donors (Lipinski definition) is 0. The number of nitrogens with zero attached hydrogens (tertiary/aromatic N) is 2. The Hall–Kier alpha value is -2.17. The second kappa shape index (κ2) is 8.91. The third-order valence-electron chi connectivity index (χ3n) is 4.85. The van der Waals surface area contributed by atoms with Gasteiger partial charge in [0, 0.05) is 12.2 Å². The Morgan fingerprint density at radius 3 is 2.03 bits per heavy atom. The second-order valence-corrected chi connectivity index (χ2v) is 15.4. The maximum absolute atomic E-state index is 6.86. The number of hydrogen-bond acceptors (Lipinski definition) is 3. The molecule has 3 aromatic rings. The molecule has 0 radical (unpaired) electrons. The van der Waals surface area contributed by atoms with Crippen LogP contribution in [0.2, 0.25) is 19.6 Å². The zero-order valence-electron chi connectivity index (χ0n) is 17.8. The Labute approximate surface area is 180 Å². The van der Waals surface area contributed by atoms with Gasteiger partial charge in [0.1, 0.15) is 5.85 Å². The highest BCUT2D eigenvalue weighted by Crippen LogP contribution is 2.70. The van der Waals surface area contributed by atoms with E-state index in [4.69, 9.17) is 13.7 Å². The molecular weight excluding hydrogens is 407 g/mol. The molecule has 30 heavy (non-hydrogen) atoms. The first-order valence-electron chi connectivity index (χ1n) is 10.4. The summed E-state index contributed by atoms with van der Waals surface area (Å²) in [5.41, 5.74) is 3.17. The van der Waals surface area contributed by atoms with Crippen molar-refractivity contribution in [2.45, 2.75) is 25.5 Å². The highest BCUT2D eigenvalue weighted by Gasteiger charge is 2.45. The van der Waals surface area contributed by atoms with E-state index in [0.29, 0.717) is 6.61 Å². The lowest BCUT2D eigenvalue weighted by Crippen LogP contribution is -2.30. The number of rotatable bonds is 6. The first-order chi connectivity index (χ1) is 14.5. The predicted octanol–water partition coefficient (Wildman–Crippen LogP) is 7.44. The van der Waals surface area contributed by atoms with Crippen molar-refractivity contribution in [3.63, 3.8) is 0 Å². The van der Waals surface area contributed by atoms with Gasteiger partial charge in [0.2, 0.25) is 7.43 Å². The molecule has 0 bridgehead atoms. The summed E-state index contributed by atoms with van der Waals surface area (Å²) < 4.78 is 21.2. The molecule has 0 spiro atoms. The van der Waals surface area contributed by atoms with E-state index in [-0.39, 0.29) is 5.85 Å². The van der Waals surface area contributed by atoms with Crippen LogP contribution in [-0.2, 0) is 8.95 Å². The Morgan fingerprint density at radius 2 is 1.43 bits per heavy atom. The van der Waals surface area contributed by atoms with E-state index < -0.39 is 15.7 Å². The van der Waals surface area contributed by atoms with Crippen LogP contribution in [0.5, 0.6) is 0 Å². The van der Waals surface area contributed by atoms with Crippen molar-refractivity contribution in [1.82, 2.24) is 0 Å². The van der Waals surface area contributed by atoms with Gasteiger partial charge in [-0.1, -0.05) is 66.7 Å². The van der Waals surface area contributed by atoms with Crippen LogP contribution in [0.15, 0.2) is 95.7 Å². The van der Waals surface area contributed by atoms with Gasteiger partial charge in [-0.15, -0.1) is 0 Å². The Balaban J connectivity index is 1.95. The maximum atomic E-state index is 6.86. The van der Waals surface area contributed by atoms with Crippen LogP contribution in [0.3, 0.4) is 0 Å². The van der Waals surface area contributed by atoms with Crippen LogP contribution in [0, 0.1) is 0 Å². The van der Waals surface area contributed by atoms with Crippen molar-refractivity contribution in [3.05, 3.63) is 96.6 Å². The smallest absolute Gasteiger partial charge is 0.215 e. The van der Waals surface area contributed by atoms with Crippen molar-refractivity contribution in [2.24, 2.45) is 4.74 Å². The first kappa shape index (κ1) is 21.1. The summed E-state index contributed by atoms with van der Waals surface area (Å²) in [6, 6.07) is 31.1. The van der Waals surface area contributed by atoms with Gasteiger partial charge in [-0.05, 0) is 49.5 Å². The Morgan fingerprint density at radius 1 is 0.867 bits per heavy atom. The van der Waals surface area contributed by atoms with Gasteiger partial charge in [0.05, 0.1) is 12.3 Å². The van der Waals surface area contributed by atoms with Crippen LogP contribution in [0.25, 0.3) is 0 Å². The molecule has 4 rings (SSSR count). The van der Waals surface area contributed by atoms with Gasteiger partial charge >= 0.3 is 0 Å². The molecule has 2 unspecified atom stereocenters. The van der Waals surface area contributed by atoms with E-state index in [1.54, 1.807) is 0 Å². The summed E-state index contributed by atoms with van der Waals surface area (Å²) in [5, 5.41) is 0. The summed E-state index contributed by atoms with van der Waals surface area (Å²) in [5.74, 6) is -0.242. The molecule has 0 saturated carbocycles. The van der Waals surface area contributed by atoms with Crippen molar-refractivity contribution in [2.75, 3.05) is 17.8 Å². The zero-order chi connectivity index (χ0) is 21.0. The lowest BCUT2D eigenvalue weighted by atomic mass is 10.2. The van der Waals surface area contributed by atoms with E-state index >= 15 is 0 Å². The summed E-state index contributed by atoms with van der Waals surface area (Å²) >= 11 is 0. The standard InChI is InChI=1S/C24H29N2O2PSi/c1-30(2,3)28-24(21-13-7-4-8-14-21)29(25-22-15-9-5-10-16-22)26(19-20-27-29)23-17-11-6-12-18-23/h4-18,24H,19-20H2,1-3H3. The SMILES string of the molecule is C[Si](C)(C)OC(c1ccccc1)P1(=Nc2ccccc2)OCCN1c1ccccc1. The fraction of sp³-hybridized carbons (Fsp3) is 0.250. The van der Waals surface area contributed by atoms with Crippen LogP contribution in [0.1, 0.15) is 11.4 Å². The van der Waals surface area contributed by atoms with Gasteiger partial charge < -0.3 is 13.6 Å². The molecule has 0 aliphatic carbocycles. The van der Waals surface area contributed by atoms with Crippen molar-refractivity contribution < 1.29 is 8.95 Å². The third kappa shape index (κ3) is 4.60. The Bertz CT molecular complexity index is 1010. The largest absolute Gasteiger partial charge is 0.402 e. The third-order valence-corrected chi connectivity index (χ3v) is 9.21. The predicted molar refractivity (Wildman–Crippen MR) is 129 cm³/mol. The van der Waals surface area contributed by atoms with Crippen molar-refractivity contribution in [1.29, 1.82) is 0 Å². The molecule has 1 fully saturated rings. The average Bonchev–Trinajstić information content (AvgIpc) is 3.18. The number of benzene rings is 3. The summed E-state index contributed by atoms with van der Waals surface area (Å²) in [6.45, 7) is 8.12. The molecular formula is C24H29N2O2PSi. The topological polar surface area (TPSA) is 34.1 Å². The highest BCUT2D eigenvalue weighted by molar-refractivity contribution is 7.63. The highest BCUT2D eigenvalue weighted by atomic mass is 31.2. The minimum Gasteiger partial charge on any atom is -0.402 e. The normalized spacial score (nSPS) is 20.2. The second-order valence-electron chi connectivity index (χ2n) is 8.31. The molecule has 1 aliphatic rings. The molecule has 4 nitrogen and oxygen atoms in total. The van der Waals surface area contributed by atoms with E-state index in [1.807, 2.05) is 42.5 Å². The molecule has 1 aliphatic heterocycles. The summed E-state index contributed by atoms with van der Waals surface area (Å²) in [7, 11) is -4.46. The maximum Gasteiger partial charge on any atom is 0.215 e. The van der Waals surface area contributed by atoms with Crippen LogP contribution in [0.4, 0.5) is 11.4 Å². The van der Waals surface area contributed by atoms with Gasteiger partial charge in [0.25, 0.3) is 0 Å². The molecule has 2 atom stereocenters. The molecule has 6 heteroatoms. The van der Waals surface area contributed by atoms with Gasteiger partial charge in [-0.2, -0.15) is 0 Å². The molecule has 3 aromatic carbocycles. The molecule has 0 N–H and O–H groups in total. The fourth-order valence-corrected chi connectivity index (χ4v) is 8.95. The Kier molecular flexibility index (Phi) is 6.26. The van der Waals surface area contributed by atoms with Crippen molar-refractivity contribution in [3.8, 4) is 0 Å². The van der Waals surface area contributed by atoms with E-state index in [9.17, 15) is 0 Å². The molecule has 156 valence electrons. The van der Waals surface area contributed by atoms with Crippen LogP contribution < -0.4 is 4.67 Å². The average molecular weight is 437 g/mol. The van der Waals surface area contributed by atoms with E-state index in [1.165, 1.54) is 0 Å². The van der Waals surface area contributed by atoms with Gasteiger partial charge in [0.15, 0.2) is 8.32 Å². The monoisotopic (exact) mass is 436 g/mol. The van der Waals surface area contributed by atoms with Crippen LogP contribution in [-0.4, -0.2) is 21.5 Å². The summed E-state index contributed by atoms with van der Waals surface area (Å²) in [4.78, 5) is 0. The lowest BCUT2D eigenvalue weighted by molar-refractivity contribution is 0.255. The van der Waals surface area contributed by atoms with E-state index in [2.05, 4.69) is 72.8 Å². The molecule has 1 saturated heterocycles. The molecule has 0 aromatic heterocycles. The molecule has 1 heterocycles.